The van der Waals surface area contributed by atoms with Crippen molar-refractivity contribution in [2.24, 2.45) is 11.1 Å². The summed E-state index contributed by atoms with van der Waals surface area (Å²) in [7, 11) is 0. The maximum Gasteiger partial charge on any atom is 0.322 e. The van der Waals surface area contributed by atoms with Crippen LogP contribution in [0.3, 0.4) is 0 Å². The van der Waals surface area contributed by atoms with Gasteiger partial charge in [0.15, 0.2) is 5.69 Å². The molecule has 4 N–H and O–H groups in total. The number of benzene rings is 1. The number of nitrogens with two attached hydrogens (primary N) is 1. The predicted molar refractivity (Wildman–Crippen MR) is 143 cm³/mol. The van der Waals surface area contributed by atoms with Crippen LogP contribution in [0.5, 0.6) is 0 Å². The number of para-hydroxylation sites is 1. The quantitative estimate of drug-likeness (QED) is 0.516. The number of urea groups is 1. The summed E-state index contributed by atoms with van der Waals surface area (Å²) >= 11 is 7.68. The van der Waals surface area contributed by atoms with Gasteiger partial charge in [-0.25, -0.2) is 4.79 Å². The number of rotatable bonds is 4. The van der Waals surface area contributed by atoms with E-state index in [1.54, 1.807) is 4.90 Å². The summed E-state index contributed by atoms with van der Waals surface area (Å²) in [5.74, 6) is -0.206. The third kappa shape index (κ3) is 4.32. The summed E-state index contributed by atoms with van der Waals surface area (Å²) < 4.78 is 4.91. The van der Waals surface area contributed by atoms with Gasteiger partial charge in [0, 0.05) is 67.4 Å². The van der Waals surface area contributed by atoms with Gasteiger partial charge in [0.05, 0.1) is 0 Å². The maximum atomic E-state index is 13.6. The molecule has 3 aliphatic heterocycles. The number of anilines is 2. The lowest BCUT2D eigenvalue weighted by molar-refractivity contribution is 0.0701. The number of aromatic nitrogens is 1. The van der Waals surface area contributed by atoms with E-state index in [0.29, 0.717) is 53.2 Å². The van der Waals surface area contributed by atoms with Crippen LogP contribution in [0.4, 0.5) is 16.2 Å². The zero-order valence-electron chi connectivity index (χ0n) is 20.4. The van der Waals surface area contributed by atoms with Gasteiger partial charge in [0.25, 0.3) is 5.91 Å². The number of carbonyl (C=O) groups is 2. The number of carbonyl (C=O) groups excluding carboxylic acids is 2. The third-order valence-corrected chi connectivity index (χ3v) is 8.41. The van der Waals surface area contributed by atoms with Crippen molar-refractivity contribution in [3.05, 3.63) is 51.1 Å². The largest absolute Gasteiger partial charge is 0.401 e. The first-order valence-electron chi connectivity index (χ1n) is 12.0. The fourth-order valence-electron chi connectivity index (χ4n) is 5.36. The Morgan fingerprint density at radius 1 is 1.28 bits per heavy atom. The van der Waals surface area contributed by atoms with Gasteiger partial charge in [-0.15, -0.1) is 0 Å². The van der Waals surface area contributed by atoms with Crippen molar-refractivity contribution in [2.45, 2.75) is 39.3 Å². The number of nitrogens with one attached hydrogen (secondary N) is 2. The average molecular weight is 528 g/mol. The van der Waals surface area contributed by atoms with Crippen molar-refractivity contribution in [2.75, 3.05) is 36.4 Å². The summed E-state index contributed by atoms with van der Waals surface area (Å²) in [6.45, 7) is 6.59. The molecule has 2 aromatic rings. The molecule has 1 fully saturated rings. The summed E-state index contributed by atoms with van der Waals surface area (Å²) in [6, 6.07) is 7.91. The molecule has 0 unspecified atom stereocenters. The van der Waals surface area contributed by atoms with Crippen molar-refractivity contribution >= 4 is 52.7 Å². The topological polar surface area (TPSA) is 119 Å². The van der Waals surface area contributed by atoms with Crippen LogP contribution in [0, 0.1) is 10.8 Å². The highest BCUT2D eigenvalue weighted by Gasteiger charge is 2.38. The minimum atomic E-state index is -0.438. The van der Waals surface area contributed by atoms with E-state index in [4.69, 9.17) is 22.7 Å². The molecule has 0 atom stereocenters. The molecule has 0 radical (unpaired) electrons. The number of amides is 3. The first-order chi connectivity index (χ1) is 17.2. The minimum Gasteiger partial charge on any atom is -0.401 e. The summed E-state index contributed by atoms with van der Waals surface area (Å²) in [6.07, 6.45) is 2.76. The van der Waals surface area contributed by atoms with Gasteiger partial charge in [0.1, 0.15) is 10.0 Å². The lowest BCUT2D eigenvalue weighted by Gasteiger charge is -2.41. The second-order valence-corrected chi connectivity index (χ2v) is 11.6. The van der Waals surface area contributed by atoms with E-state index in [9.17, 15) is 9.59 Å². The Morgan fingerprint density at radius 2 is 2.00 bits per heavy atom. The van der Waals surface area contributed by atoms with Crippen molar-refractivity contribution < 1.29 is 9.59 Å². The van der Waals surface area contributed by atoms with E-state index < -0.39 is 5.41 Å². The smallest absolute Gasteiger partial charge is 0.322 e. The van der Waals surface area contributed by atoms with E-state index in [1.807, 2.05) is 43.0 Å². The second-order valence-electron chi connectivity index (χ2n) is 10.2. The normalized spacial score (nSPS) is 20.3. The van der Waals surface area contributed by atoms with Crippen molar-refractivity contribution in [3.8, 4) is 0 Å². The van der Waals surface area contributed by atoms with Crippen molar-refractivity contribution in [1.82, 2.24) is 14.2 Å². The highest BCUT2D eigenvalue weighted by Crippen LogP contribution is 2.38. The molecule has 0 saturated carbocycles. The predicted octanol–water partition coefficient (Wildman–Crippen LogP) is 4.16. The van der Waals surface area contributed by atoms with E-state index in [1.165, 1.54) is 6.21 Å². The van der Waals surface area contributed by atoms with Crippen LogP contribution in [0.1, 0.15) is 42.7 Å². The molecule has 0 bridgehead atoms. The van der Waals surface area contributed by atoms with Gasteiger partial charge in [-0.2, -0.15) is 4.37 Å². The van der Waals surface area contributed by atoms with E-state index in [-0.39, 0.29) is 24.5 Å². The number of halogens is 1. The SMILES string of the molecule is CC1(C)CN(C(=O)c2nsc(Cl)c2N2CCC(N3Cc4ccccc4NC3=O)CC2)CC(C=N)=C1N. The van der Waals surface area contributed by atoms with Crippen molar-refractivity contribution in [3.63, 3.8) is 0 Å². The van der Waals surface area contributed by atoms with Gasteiger partial charge >= 0.3 is 6.03 Å². The third-order valence-electron chi connectivity index (χ3n) is 7.40. The average Bonchev–Trinajstić information content (AvgIpc) is 3.26. The lowest BCUT2D eigenvalue weighted by atomic mass is 9.83. The zero-order valence-corrected chi connectivity index (χ0v) is 22.0. The molecule has 0 spiro atoms. The van der Waals surface area contributed by atoms with Crippen LogP contribution in [-0.4, -0.2) is 64.5 Å². The summed E-state index contributed by atoms with van der Waals surface area (Å²) in [4.78, 5) is 32.1. The molecular formula is C25H30ClN7O2S. The molecule has 4 heterocycles. The van der Waals surface area contributed by atoms with E-state index >= 15 is 0 Å². The molecule has 11 heteroatoms. The van der Waals surface area contributed by atoms with Gasteiger partial charge in [0.2, 0.25) is 0 Å². The molecule has 5 rings (SSSR count). The molecule has 190 valence electrons. The Labute approximate surface area is 219 Å². The first-order valence-corrected chi connectivity index (χ1v) is 13.2. The van der Waals surface area contributed by atoms with Gasteiger partial charge in [-0.05, 0) is 36.0 Å². The maximum absolute atomic E-state index is 13.6. The second kappa shape index (κ2) is 9.40. The first kappa shape index (κ1) is 24.6. The summed E-state index contributed by atoms with van der Waals surface area (Å²) in [5, 5.41) is 10.7. The Balaban J connectivity index is 1.30. The number of hydrogen-bond donors (Lipinski definition) is 3. The fraction of sp³-hybridized carbons (Fsp3) is 0.440. The van der Waals surface area contributed by atoms with E-state index in [0.717, 1.165) is 35.6 Å². The fourth-order valence-corrected chi connectivity index (χ4v) is 6.32. The molecular weight excluding hydrogens is 498 g/mol. The van der Waals surface area contributed by atoms with Crippen LogP contribution >= 0.6 is 23.1 Å². The lowest BCUT2D eigenvalue weighted by Crippen LogP contribution is -2.50. The minimum absolute atomic E-state index is 0.0692. The number of piperidine rings is 1. The molecule has 1 saturated heterocycles. The van der Waals surface area contributed by atoms with Crippen LogP contribution in [-0.2, 0) is 6.54 Å². The van der Waals surface area contributed by atoms with Crippen LogP contribution in [0.2, 0.25) is 4.34 Å². The molecule has 3 amide bonds. The highest BCUT2D eigenvalue weighted by molar-refractivity contribution is 7.11. The molecule has 0 aliphatic carbocycles. The van der Waals surface area contributed by atoms with Gasteiger partial charge in [-0.1, -0.05) is 43.6 Å². The Morgan fingerprint density at radius 3 is 2.72 bits per heavy atom. The number of fused-ring (bicyclic) bond motifs is 1. The standard InChI is InChI=1S/C25H30ClN7O2S/c1-25(2)14-32(12-16(11-27)21(25)28)23(34)19-20(22(26)36-30-19)31-9-7-17(8-10-31)33-13-15-5-3-4-6-18(15)29-24(33)35/h3-6,11,17,27H,7-10,12-14,28H2,1-2H3,(H,29,35). The van der Waals surface area contributed by atoms with Crippen LogP contribution < -0.4 is 16.0 Å². The molecule has 9 nitrogen and oxygen atoms in total. The number of hydrogen-bond acceptors (Lipinski definition) is 7. The van der Waals surface area contributed by atoms with Crippen molar-refractivity contribution in [1.29, 1.82) is 5.41 Å². The number of nitrogens with zero attached hydrogens (tertiary/aromatic N) is 4. The van der Waals surface area contributed by atoms with Crippen LogP contribution in [0.25, 0.3) is 0 Å². The Bertz CT molecular complexity index is 1250. The van der Waals surface area contributed by atoms with Crippen LogP contribution in [0.15, 0.2) is 35.5 Å². The molecule has 1 aromatic carbocycles. The summed E-state index contributed by atoms with van der Waals surface area (Å²) in [5.41, 5.74) is 10.1. The monoisotopic (exact) mass is 527 g/mol. The zero-order chi connectivity index (χ0) is 25.6. The Kier molecular flexibility index (Phi) is 6.42. The van der Waals surface area contributed by atoms with Gasteiger partial charge in [-0.3, -0.25) is 4.79 Å². The highest BCUT2D eigenvalue weighted by atomic mass is 35.5. The molecule has 1 aromatic heterocycles. The molecule has 3 aliphatic rings. The van der Waals surface area contributed by atoms with E-state index in [2.05, 4.69) is 14.6 Å². The van der Waals surface area contributed by atoms with Gasteiger partial charge < -0.3 is 31.2 Å². The molecule has 36 heavy (non-hydrogen) atoms. The Hall–Kier alpha value is -3.11.